The lowest BCUT2D eigenvalue weighted by atomic mass is 9.50. The maximum atomic E-state index is 13.4. The van der Waals surface area contributed by atoms with Crippen LogP contribution in [0.5, 0.6) is 0 Å². The van der Waals surface area contributed by atoms with Crippen molar-refractivity contribution in [3.8, 4) is 0 Å². The Bertz CT molecular complexity index is 905. The minimum Gasteiger partial charge on any atom is -0.459 e. The fourth-order valence-corrected chi connectivity index (χ4v) is 6.83. The van der Waals surface area contributed by atoms with E-state index in [1.807, 2.05) is 6.92 Å². The predicted octanol–water partition coefficient (Wildman–Crippen LogP) is 3.07. The molecule has 9 nitrogen and oxygen atoms in total. The second-order valence-corrected chi connectivity index (χ2v) is 12.3. The molecular weight excluding hydrogens is 478 g/mol. The summed E-state index contributed by atoms with van der Waals surface area (Å²) in [5.41, 5.74) is -0.499. The molecule has 5 fully saturated rings. The smallest absolute Gasteiger partial charge is 0.459 e. The molecule has 1 N–H and O–H groups in total. The quantitative estimate of drug-likeness (QED) is 0.406. The van der Waals surface area contributed by atoms with E-state index in [1.165, 1.54) is 6.42 Å². The molecule has 194 valence electrons. The molecule has 2 unspecified atom stereocenters. The van der Waals surface area contributed by atoms with E-state index in [0.717, 1.165) is 37.5 Å². The number of halogens is 2. The van der Waals surface area contributed by atoms with Crippen LogP contribution < -0.4 is 0 Å². The monoisotopic (exact) mass is 510 g/mol. The number of hydrogen-bond acceptors (Lipinski definition) is 8. The van der Waals surface area contributed by atoms with Gasteiger partial charge in [0.15, 0.2) is 5.79 Å². The standard InChI is InChI=1S/C22H32F2O9S/c1-20(2)31-16(9-17(32-20)11-30-19(26)22(23,24)34(27,28)29)10-18(25)33-21(3)14-5-12-4-13(7-14)8-15(21)6-12/h12-17H,4-11H2,1-3H3,(H,27,28,29). The van der Waals surface area contributed by atoms with Crippen molar-refractivity contribution >= 4 is 22.1 Å². The molecule has 12 heteroatoms. The second-order valence-electron chi connectivity index (χ2n) is 10.9. The molecule has 0 aromatic heterocycles. The number of alkyl halides is 2. The van der Waals surface area contributed by atoms with Crippen molar-refractivity contribution in [2.24, 2.45) is 23.7 Å². The van der Waals surface area contributed by atoms with Crippen LogP contribution in [0.3, 0.4) is 0 Å². The number of carbonyl (C=O) groups is 2. The molecule has 0 radical (unpaired) electrons. The maximum absolute atomic E-state index is 13.4. The van der Waals surface area contributed by atoms with Gasteiger partial charge in [-0.2, -0.15) is 17.2 Å². The summed E-state index contributed by atoms with van der Waals surface area (Å²) in [6.45, 7) is 4.45. The highest BCUT2D eigenvalue weighted by Crippen LogP contribution is 2.59. The topological polar surface area (TPSA) is 125 Å². The maximum Gasteiger partial charge on any atom is 0.465 e. The van der Waals surface area contributed by atoms with Crippen LogP contribution in [0, 0.1) is 23.7 Å². The number of rotatable bonds is 7. The Hall–Kier alpha value is -1.37. The third kappa shape index (κ3) is 4.96. The van der Waals surface area contributed by atoms with Crippen molar-refractivity contribution in [2.45, 2.75) is 94.6 Å². The molecule has 1 saturated heterocycles. The van der Waals surface area contributed by atoms with E-state index < -0.39 is 57.5 Å². The molecule has 1 heterocycles. The van der Waals surface area contributed by atoms with Gasteiger partial charge in [-0.25, -0.2) is 4.79 Å². The first-order valence-corrected chi connectivity index (χ1v) is 13.1. The van der Waals surface area contributed by atoms with E-state index in [2.05, 4.69) is 4.74 Å². The van der Waals surface area contributed by atoms with Crippen molar-refractivity contribution in [3.63, 3.8) is 0 Å². The first-order chi connectivity index (χ1) is 15.6. The molecule has 4 aliphatic carbocycles. The average Bonchev–Trinajstić information content (AvgIpc) is 2.67. The molecule has 0 aromatic carbocycles. The minimum atomic E-state index is -5.97. The molecular formula is C22H32F2O9S. The summed E-state index contributed by atoms with van der Waals surface area (Å²) < 4.78 is 78.6. The van der Waals surface area contributed by atoms with Gasteiger partial charge in [-0.05, 0) is 76.5 Å². The Kier molecular flexibility index (Phi) is 6.53. The van der Waals surface area contributed by atoms with Gasteiger partial charge in [0.1, 0.15) is 12.2 Å². The second kappa shape index (κ2) is 8.63. The fourth-order valence-electron chi connectivity index (χ4n) is 6.56. The van der Waals surface area contributed by atoms with Gasteiger partial charge in [0.05, 0.1) is 18.6 Å². The van der Waals surface area contributed by atoms with Crippen LogP contribution in [0.25, 0.3) is 0 Å². The van der Waals surface area contributed by atoms with Crippen LogP contribution in [0.2, 0.25) is 0 Å². The molecule has 0 aromatic rings. The normalized spacial score (nSPS) is 39.0. The van der Waals surface area contributed by atoms with Crippen molar-refractivity contribution in [2.75, 3.05) is 6.61 Å². The average molecular weight is 511 g/mol. The first-order valence-electron chi connectivity index (χ1n) is 11.7. The molecule has 5 rings (SSSR count). The lowest BCUT2D eigenvalue weighted by Crippen LogP contribution is -2.58. The molecule has 4 bridgehead atoms. The Labute approximate surface area is 197 Å². The molecule has 4 saturated carbocycles. The van der Waals surface area contributed by atoms with Crippen LogP contribution in [0.15, 0.2) is 0 Å². The van der Waals surface area contributed by atoms with Crippen molar-refractivity contribution in [1.82, 2.24) is 0 Å². The third-order valence-corrected chi connectivity index (χ3v) is 8.69. The van der Waals surface area contributed by atoms with Gasteiger partial charge in [-0.3, -0.25) is 9.35 Å². The largest absolute Gasteiger partial charge is 0.465 e. The van der Waals surface area contributed by atoms with Gasteiger partial charge in [0, 0.05) is 6.42 Å². The highest BCUT2D eigenvalue weighted by molar-refractivity contribution is 7.87. The van der Waals surface area contributed by atoms with E-state index in [-0.39, 0.29) is 12.8 Å². The summed E-state index contributed by atoms with van der Waals surface area (Å²) in [6.07, 6.45) is 3.96. The van der Waals surface area contributed by atoms with Gasteiger partial charge in [0.2, 0.25) is 0 Å². The van der Waals surface area contributed by atoms with E-state index in [1.54, 1.807) is 13.8 Å². The van der Waals surface area contributed by atoms with E-state index in [9.17, 15) is 26.8 Å². The van der Waals surface area contributed by atoms with E-state index in [0.29, 0.717) is 11.8 Å². The van der Waals surface area contributed by atoms with Crippen molar-refractivity contribution in [3.05, 3.63) is 0 Å². The van der Waals surface area contributed by atoms with Gasteiger partial charge >= 0.3 is 27.3 Å². The number of hydrogen-bond donors (Lipinski definition) is 1. The minimum absolute atomic E-state index is 0.0387. The zero-order chi connectivity index (χ0) is 25.1. The third-order valence-electron chi connectivity index (χ3n) is 7.88. The summed E-state index contributed by atoms with van der Waals surface area (Å²) in [6, 6.07) is 0. The van der Waals surface area contributed by atoms with Crippen LogP contribution >= 0.6 is 0 Å². The molecule has 1 aliphatic heterocycles. The van der Waals surface area contributed by atoms with Crippen LogP contribution in [-0.2, 0) is 38.7 Å². The Morgan fingerprint density at radius 3 is 2.03 bits per heavy atom. The lowest BCUT2D eigenvalue weighted by Gasteiger charge is -2.59. The first kappa shape index (κ1) is 25.7. The predicted molar refractivity (Wildman–Crippen MR) is 112 cm³/mol. The van der Waals surface area contributed by atoms with Crippen LogP contribution in [0.4, 0.5) is 8.78 Å². The summed E-state index contributed by atoms with van der Waals surface area (Å²) in [7, 11) is -5.97. The van der Waals surface area contributed by atoms with Crippen molar-refractivity contribution < 1.29 is 50.3 Å². The molecule has 0 amide bonds. The molecule has 0 spiro atoms. The van der Waals surface area contributed by atoms with Gasteiger partial charge in [-0.15, -0.1) is 0 Å². The van der Waals surface area contributed by atoms with Gasteiger partial charge in [-0.1, -0.05) is 0 Å². The molecule has 2 atom stereocenters. The van der Waals surface area contributed by atoms with Gasteiger partial charge in [0.25, 0.3) is 0 Å². The highest BCUT2D eigenvalue weighted by atomic mass is 32.2. The Morgan fingerprint density at radius 2 is 1.50 bits per heavy atom. The van der Waals surface area contributed by atoms with E-state index >= 15 is 0 Å². The molecule has 5 aliphatic rings. The van der Waals surface area contributed by atoms with E-state index in [4.69, 9.17) is 18.8 Å². The summed E-state index contributed by atoms with van der Waals surface area (Å²) in [5.74, 6) is -1.86. The number of ether oxygens (including phenoxy) is 4. The Morgan fingerprint density at radius 1 is 0.971 bits per heavy atom. The highest BCUT2D eigenvalue weighted by Gasteiger charge is 2.57. The van der Waals surface area contributed by atoms with Crippen LogP contribution in [0.1, 0.15) is 65.7 Å². The Balaban J connectivity index is 1.34. The lowest BCUT2D eigenvalue weighted by molar-refractivity contribution is -0.305. The zero-order valence-electron chi connectivity index (χ0n) is 19.5. The van der Waals surface area contributed by atoms with Crippen LogP contribution in [-0.4, -0.2) is 60.4 Å². The molecule has 34 heavy (non-hydrogen) atoms. The number of carbonyl (C=O) groups excluding carboxylic acids is 2. The van der Waals surface area contributed by atoms with Gasteiger partial charge < -0.3 is 18.9 Å². The summed E-state index contributed by atoms with van der Waals surface area (Å²) >= 11 is 0. The SMILES string of the molecule is CC1(C)OC(COC(=O)C(F)(F)S(=O)(=O)O)CC(CC(=O)OC2(C)C3CC4CC(C3)CC2C4)O1. The summed E-state index contributed by atoms with van der Waals surface area (Å²) in [5, 5.41) is -5.09. The zero-order valence-corrected chi connectivity index (χ0v) is 20.3. The summed E-state index contributed by atoms with van der Waals surface area (Å²) in [4.78, 5) is 24.4. The fraction of sp³-hybridized carbons (Fsp3) is 0.909. The number of esters is 2. The van der Waals surface area contributed by atoms with Crippen molar-refractivity contribution in [1.29, 1.82) is 0 Å².